The lowest BCUT2D eigenvalue weighted by Gasteiger charge is -2.45. The maximum absolute atomic E-state index is 13.2. The summed E-state index contributed by atoms with van der Waals surface area (Å²) in [5.41, 5.74) is 7.54. The molecule has 8 heteroatoms. The van der Waals surface area contributed by atoms with Crippen molar-refractivity contribution < 1.29 is 4.79 Å². The molecule has 1 atom stereocenters. The Morgan fingerprint density at radius 3 is 3.00 bits per heavy atom. The number of carbonyl (C=O) groups is 1. The largest absolute Gasteiger partial charge is 0.355 e. The van der Waals surface area contributed by atoms with Crippen LogP contribution < -0.4 is 5.73 Å². The Bertz CT molecular complexity index is 869. The summed E-state index contributed by atoms with van der Waals surface area (Å²) >= 11 is 0. The van der Waals surface area contributed by atoms with E-state index in [-0.39, 0.29) is 12.1 Å². The van der Waals surface area contributed by atoms with Gasteiger partial charge in [-0.05, 0) is 24.5 Å². The summed E-state index contributed by atoms with van der Waals surface area (Å²) in [7, 11) is 0. The summed E-state index contributed by atoms with van der Waals surface area (Å²) in [6.07, 6.45) is 8.74. The van der Waals surface area contributed by atoms with E-state index < -0.39 is 0 Å². The average Bonchev–Trinajstić information content (AvgIpc) is 2.70. The van der Waals surface area contributed by atoms with E-state index in [0.29, 0.717) is 18.7 Å². The standard InChI is InChI=1S/C19H21N7O/c20-10-15-4-1-2-5-16(15)11-25-18(23-8-3-6-17(21)12-23)13-24-9-7-22-14-26(24)19(25)27/h1-2,4-5,7,9,13-14,17H,3,6,8,11-12,21H2/t17-/m1/s1. The van der Waals surface area contributed by atoms with E-state index >= 15 is 0 Å². The molecule has 3 aliphatic rings. The molecule has 1 saturated heterocycles. The number of urea groups is 1. The molecule has 4 rings (SSSR count). The molecule has 8 nitrogen and oxygen atoms in total. The van der Waals surface area contributed by atoms with E-state index in [4.69, 9.17) is 5.73 Å². The number of hydrogen-bond donors (Lipinski definition) is 1. The number of nitrogens with two attached hydrogens (primary N) is 1. The normalized spacial score (nSPS) is 21.9. The molecule has 0 saturated carbocycles. The van der Waals surface area contributed by atoms with Gasteiger partial charge in [0.1, 0.15) is 12.2 Å². The van der Waals surface area contributed by atoms with Crippen molar-refractivity contribution in [2.45, 2.75) is 25.4 Å². The highest BCUT2D eigenvalue weighted by atomic mass is 16.2. The number of amides is 2. The van der Waals surface area contributed by atoms with Gasteiger partial charge in [0.2, 0.25) is 0 Å². The molecule has 0 bridgehead atoms. The van der Waals surface area contributed by atoms with Crippen LogP contribution in [-0.4, -0.2) is 51.3 Å². The van der Waals surface area contributed by atoms with Crippen LogP contribution in [0.4, 0.5) is 4.79 Å². The lowest BCUT2D eigenvalue weighted by Crippen LogP contribution is -2.56. The third-order valence-electron chi connectivity index (χ3n) is 4.93. The SMILES string of the molecule is N#Cc1ccccc1CN1C(=O)N2C=NC=CN2C=C1N1CCC[C@@H](N)C1. The van der Waals surface area contributed by atoms with E-state index in [9.17, 15) is 10.1 Å². The molecule has 2 amide bonds. The second-order valence-electron chi connectivity index (χ2n) is 6.76. The van der Waals surface area contributed by atoms with E-state index in [1.165, 1.54) is 11.3 Å². The smallest absolute Gasteiger partial charge is 0.350 e. The Balaban J connectivity index is 1.71. The number of piperidine rings is 1. The van der Waals surface area contributed by atoms with Crippen LogP contribution in [0.2, 0.25) is 0 Å². The monoisotopic (exact) mass is 363 g/mol. The fraction of sp³-hybridized carbons (Fsp3) is 0.316. The first-order valence-corrected chi connectivity index (χ1v) is 8.96. The van der Waals surface area contributed by atoms with Crippen molar-refractivity contribution in [1.29, 1.82) is 5.26 Å². The number of benzene rings is 1. The zero-order valence-corrected chi connectivity index (χ0v) is 14.9. The number of hydrazine groups is 1. The van der Waals surface area contributed by atoms with Crippen LogP contribution in [-0.2, 0) is 6.54 Å². The highest BCUT2D eigenvalue weighted by molar-refractivity contribution is 5.88. The molecule has 1 aromatic rings. The first-order chi connectivity index (χ1) is 13.2. The van der Waals surface area contributed by atoms with Crippen LogP contribution in [0.1, 0.15) is 24.0 Å². The van der Waals surface area contributed by atoms with Crippen molar-refractivity contribution >= 4 is 12.4 Å². The molecule has 0 aromatic heterocycles. The minimum atomic E-state index is -0.215. The van der Waals surface area contributed by atoms with Crippen molar-refractivity contribution in [3.63, 3.8) is 0 Å². The van der Waals surface area contributed by atoms with Crippen molar-refractivity contribution in [1.82, 2.24) is 19.8 Å². The number of nitrogens with zero attached hydrogens (tertiary/aromatic N) is 6. The van der Waals surface area contributed by atoms with Crippen molar-refractivity contribution in [2.24, 2.45) is 10.7 Å². The fourth-order valence-electron chi connectivity index (χ4n) is 3.56. The van der Waals surface area contributed by atoms with Gasteiger partial charge in [-0.15, -0.1) is 0 Å². The third kappa shape index (κ3) is 3.25. The molecule has 1 fully saturated rings. The maximum atomic E-state index is 13.2. The molecule has 3 aliphatic heterocycles. The van der Waals surface area contributed by atoms with Crippen molar-refractivity contribution in [2.75, 3.05) is 13.1 Å². The number of aliphatic imine (C=N–C) groups is 1. The number of rotatable bonds is 3. The van der Waals surface area contributed by atoms with Gasteiger partial charge in [-0.25, -0.2) is 9.79 Å². The minimum absolute atomic E-state index is 0.0829. The number of hydrogen-bond acceptors (Lipinski definition) is 6. The van der Waals surface area contributed by atoms with Crippen LogP contribution >= 0.6 is 0 Å². The maximum Gasteiger partial charge on any atom is 0.350 e. The molecule has 0 radical (unpaired) electrons. The van der Waals surface area contributed by atoms with Crippen molar-refractivity contribution in [3.8, 4) is 6.07 Å². The number of carbonyl (C=O) groups excluding carboxylic acids is 1. The lowest BCUT2D eigenvalue weighted by atomic mass is 10.1. The predicted octanol–water partition coefficient (Wildman–Crippen LogP) is 1.75. The quantitative estimate of drug-likeness (QED) is 0.883. The second kappa shape index (κ2) is 7.13. The summed E-state index contributed by atoms with van der Waals surface area (Å²) < 4.78 is 0. The highest BCUT2D eigenvalue weighted by Crippen LogP contribution is 2.27. The van der Waals surface area contributed by atoms with Gasteiger partial charge in [-0.2, -0.15) is 10.3 Å². The first kappa shape index (κ1) is 17.1. The predicted molar refractivity (Wildman–Crippen MR) is 100 cm³/mol. The summed E-state index contributed by atoms with van der Waals surface area (Å²) in [5.74, 6) is 0.791. The summed E-state index contributed by atoms with van der Waals surface area (Å²) in [6.45, 7) is 1.85. The van der Waals surface area contributed by atoms with Gasteiger partial charge < -0.3 is 10.6 Å². The number of fused-ring (bicyclic) bond motifs is 1. The molecule has 0 spiro atoms. The summed E-state index contributed by atoms with van der Waals surface area (Å²) in [4.78, 5) is 21.1. The second-order valence-corrected chi connectivity index (χ2v) is 6.76. The van der Waals surface area contributed by atoms with Crippen LogP contribution in [0.15, 0.2) is 53.7 Å². The molecule has 3 heterocycles. The first-order valence-electron chi connectivity index (χ1n) is 8.96. The van der Waals surface area contributed by atoms with Crippen LogP contribution in [0, 0.1) is 11.3 Å². The molecule has 0 unspecified atom stereocenters. The van der Waals surface area contributed by atoms with Gasteiger partial charge in [-0.3, -0.25) is 9.91 Å². The number of nitriles is 1. The molecule has 1 aromatic carbocycles. The molecule has 2 N–H and O–H groups in total. The van der Waals surface area contributed by atoms with Crippen molar-refractivity contribution in [3.05, 3.63) is 59.8 Å². The average molecular weight is 363 g/mol. The minimum Gasteiger partial charge on any atom is -0.355 e. The Morgan fingerprint density at radius 1 is 1.33 bits per heavy atom. The van der Waals surface area contributed by atoms with Gasteiger partial charge in [0.15, 0.2) is 0 Å². The topological polar surface area (TPSA) is 92.2 Å². The van der Waals surface area contributed by atoms with Gasteiger partial charge in [0.25, 0.3) is 0 Å². The number of likely N-dealkylation sites (tertiary alicyclic amines) is 1. The fourth-order valence-corrected chi connectivity index (χ4v) is 3.56. The molecule has 0 aliphatic carbocycles. The highest BCUT2D eigenvalue weighted by Gasteiger charge is 2.36. The Hall–Kier alpha value is -3.31. The Kier molecular flexibility index (Phi) is 4.52. The molecular weight excluding hydrogens is 342 g/mol. The van der Waals surface area contributed by atoms with E-state index in [1.54, 1.807) is 28.4 Å². The van der Waals surface area contributed by atoms with E-state index in [0.717, 1.165) is 30.8 Å². The van der Waals surface area contributed by atoms with Gasteiger partial charge >= 0.3 is 6.03 Å². The summed E-state index contributed by atoms with van der Waals surface area (Å²) in [5, 5.41) is 12.6. The molecular formula is C19H21N7O. The van der Waals surface area contributed by atoms with Crippen LogP contribution in [0.5, 0.6) is 0 Å². The Morgan fingerprint density at radius 2 is 2.19 bits per heavy atom. The van der Waals surface area contributed by atoms with Gasteiger partial charge in [-0.1, -0.05) is 18.2 Å². The Labute approximate surface area is 158 Å². The summed E-state index contributed by atoms with van der Waals surface area (Å²) in [6, 6.07) is 9.42. The van der Waals surface area contributed by atoms with E-state index in [1.807, 2.05) is 24.4 Å². The third-order valence-corrected chi connectivity index (χ3v) is 4.93. The lowest BCUT2D eigenvalue weighted by molar-refractivity contribution is 0.0837. The van der Waals surface area contributed by atoms with E-state index in [2.05, 4.69) is 16.0 Å². The molecule has 138 valence electrons. The van der Waals surface area contributed by atoms with Gasteiger partial charge in [0, 0.05) is 31.5 Å². The van der Waals surface area contributed by atoms with Crippen LogP contribution in [0.25, 0.3) is 0 Å². The molecule has 27 heavy (non-hydrogen) atoms. The van der Waals surface area contributed by atoms with Crippen LogP contribution in [0.3, 0.4) is 0 Å². The zero-order chi connectivity index (χ0) is 18.8. The van der Waals surface area contributed by atoms with Gasteiger partial charge in [0.05, 0.1) is 24.4 Å². The zero-order valence-electron chi connectivity index (χ0n) is 14.9.